The number of carbonyl (C=O) groups excluding carboxylic acids is 1. The maximum absolute atomic E-state index is 11.7. The highest BCUT2D eigenvalue weighted by Gasteiger charge is 2.09. The first-order valence-electron chi connectivity index (χ1n) is 6.37. The first kappa shape index (κ1) is 16.9. The number of carbonyl (C=O) groups is 2. The number of carboxylic acids is 1. The number of hydrogen-bond donors (Lipinski definition) is 2. The van der Waals surface area contributed by atoms with Crippen molar-refractivity contribution >= 4 is 35.2 Å². The van der Waals surface area contributed by atoms with Crippen molar-refractivity contribution in [2.75, 3.05) is 5.75 Å². The molecule has 0 aliphatic heterocycles. The largest absolute Gasteiger partial charge is 0.481 e. The Bertz CT molecular complexity index is 467. The van der Waals surface area contributed by atoms with Crippen LogP contribution in [-0.4, -0.2) is 28.8 Å². The van der Waals surface area contributed by atoms with E-state index in [1.54, 1.807) is 6.07 Å². The van der Waals surface area contributed by atoms with E-state index in [2.05, 4.69) is 5.32 Å². The average Bonchev–Trinajstić information content (AvgIpc) is 2.37. The molecule has 20 heavy (non-hydrogen) atoms. The molecule has 1 atom stereocenters. The molecule has 0 bridgehead atoms. The number of rotatable bonds is 8. The zero-order valence-corrected chi connectivity index (χ0v) is 12.8. The third-order valence-corrected chi connectivity index (χ3v) is 4.15. The van der Waals surface area contributed by atoms with Crippen LogP contribution in [0.15, 0.2) is 29.2 Å². The Labute approximate surface area is 127 Å². The lowest BCUT2D eigenvalue weighted by molar-refractivity contribution is -0.137. The van der Waals surface area contributed by atoms with Crippen LogP contribution >= 0.6 is 23.4 Å². The highest BCUT2D eigenvalue weighted by atomic mass is 35.5. The Morgan fingerprint density at radius 2 is 2.10 bits per heavy atom. The zero-order chi connectivity index (χ0) is 15.0. The van der Waals surface area contributed by atoms with Crippen LogP contribution in [0.2, 0.25) is 5.02 Å². The van der Waals surface area contributed by atoms with Gasteiger partial charge in [-0.15, -0.1) is 11.8 Å². The number of halogens is 1. The molecule has 110 valence electrons. The van der Waals surface area contributed by atoms with Gasteiger partial charge in [0.1, 0.15) is 0 Å². The van der Waals surface area contributed by atoms with E-state index in [4.69, 9.17) is 16.7 Å². The topological polar surface area (TPSA) is 66.4 Å². The van der Waals surface area contributed by atoms with E-state index < -0.39 is 5.97 Å². The van der Waals surface area contributed by atoms with Crippen molar-refractivity contribution in [1.29, 1.82) is 0 Å². The fourth-order valence-electron chi connectivity index (χ4n) is 1.65. The summed E-state index contributed by atoms with van der Waals surface area (Å²) >= 11 is 7.39. The smallest absolute Gasteiger partial charge is 0.303 e. The number of thioether (sulfide) groups is 1. The second kappa shape index (κ2) is 8.87. The molecule has 0 aliphatic carbocycles. The van der Waals surface area contributed by atoms with Gasteiger partial charge in [-0.1, -0.05) is 23.7 Å². The minimum atomic E-state index is -0.808. The van der Waals surface area contributed by atoms with E-state index in [1.165, 1.54) is 11.8 Å². The molecule has 0 radical (unpaired) electrons. The Hall–Kier alpha value is -1.20. The van der Waals surface area contributed by atoms with Gasteiger partial charge in [-0.3, -0.25) is 9.59 Å². The van der Waals surface area contributed by atoms with Gasteiger partial charge >= 0.3 is 5.97 Å². The maximum atomic E-state index is 11.7. The van der Waals surface area contributed by atoms with E-state index in [0.29, 0.717) is 23.6 Å². The summed E-state index contributed by atoms with van der Waals surface area (Å²) in [5.41, 5.74) is 0. The summed E-state index contributed by atoms with van der Waals surface area (Å²) in [5, 5.41) is 12.0. The van der Waals surface area contributed by atoms with E-state index in [0.717, 1.165) is 4.90 Å². The molecular weight excluding hydrogens is 298 g/mol. The summed E-state index contributed by atoms with van der Waals surface area (Å²) in [6, 6.07) is 7.36. The van der Waals surface area contributed by atoms with E-state index in [-0.39, 0.29) is 18.4 Å². The van der Waals surface area contributed by atoms with Crippen LogP contribution in [-0.2, 0) is 9.59 Å². The van der Waals surface area contributed by atoms with E-state index in [1.807, 2.05) is 25.1 Å². The molecule has 0 saturated heterocycles. The Morgan fingerprint density at radius 1 is 1.40 bits per heavy atom. The van der Waals surface area contributed by atoms with Crippen molar-refractivity contribution in [3.05, 3.63) is 29.3 Å². The lowest BCUT2D eigenvalue weighted by Gasteiger charge is -2.13. The molecule has 0 aromatic heterocycles. The van der Waals surface area contributed by atoms with E-state index >= 15 is 0 Å². The Morgan fingerprint density at radius 3 is 2.75 bits per heavy atom. The predicted molar refractivity (Wildman–Crippen MR) is 81.3 cm³/mol. The van der Waals surface area contributed by atoms with Gasteiger partial charge in [-0.05, 0) is 31.9 Å². The van der Waals surface area contributed by atoms with Crippen molar-refractivity contribution in [2.45, 2.75) is 37.1 Å². The van der Waals surface area contributed by atoms with Gasteiger partial charge in [0.25, 0.3) is 0 Å². The second-order valence-corrected chi connectivity index (χ2v) is 5.90. The number of nitrogens with one attached hydrogen (secondary N) is 1. The first-order valence-corrected chi connectivity index (χ1v) is 7.74. The summed E-state index contributed by atoms with van der Waals surface area (Å²) in [5.74, 6) is -0.581. The monoisotopic (exact) mass is 315 g/mol. The van der Waals surface area contributed by atoms with Gasteiger partial charge < -0.3 is 10.4 Å². The normalized spacial score (nSPS) is 11.9. The summed E-state index contributed by atoms with van der Waals surface area (Å²) in [7, 11) is 0. The summed E-state index contributed by atoms with van der Waals surface area (Å²) in [6.07, 6.45) is 1.36. The molecule has 0 saturated carbocycles. The van der Waals surface area contributed by atoms with Gasteiger partial charge in [0, 0.05) is 17.4 Å². The highest BCUT2D eigenvalue weighted by molar-refractivity contribution is 8.00. The molecule has 1 amide bonds. The number of aliphatic carboxylic acids is 1. The van der Waals surface area contributed by atoms with Gasteiger partial charge in [-0.2, -0.15) is 0 Å². The summed E-state index contributed by atoms with van der Waals surface area (Å²) < 4.78 is 0. The molecule has 0 aliphatic rings. The number of benzene rings is 1. The zero-order valence-electron chi connectivity index (χ0n) is 11.3. The molecule has 0 spiro atoms. The van der Waals surface area contributed by atoms with Gasteiger partial charge in [0.15, 0.2) is 0 Å². The molecule has 1 unspecified atom stereocenters. The van der Waals surface area contributed by atoms with Crippen LogP contribution in [0, 0.1) is 0 Å². The van der Waals surface area contributed by atoms with Crippen LogP contribution in [0.3, 0.4) is 0 Å². The SMILES string of the molecule is CC(CCCC(=O)O)NC(=O)CSc1ccccc1Cl. The molecule has 4 nitrogen and oxygen atoms in total. The van der Waals surface area contributed by atoms with Crippen molar-refractivity contribution in [2.24, 2.45) is 0 Å². The minimum absolute atomic E-state index is 0.0197. The van der Waals surface area contributed by atoms with Gasteiger partial charge in [-0.25, -0.2) is 0 Å². The number of amides is 1. The molecule has 0 heterocycles. The number of carboxylic acid groups (broad SMARTS) is 1. The fraction of sp³-hybridized carbons (Fsp3) is 0.429. The molecular formula is C14H18ClNO3S. The Kier molecular flexibility index (Phi) is 7.47. The highest BCUT2D eigenvalue weighted by Crippen LogP contribution is 2.26. The van der Waals surface area contributed by atoms with Crippen molar-refractivity contribution < 1.29 is 14.7 Å². The van der Waals surface area contributed by atoms with Crippen molar-refractivity contribution in [3.8, 4) is 0 Å². The van der Waals surface area contributed by atoms with Crippen LogP contribution in [0.4, 0.5) is 0 Å². The standard InChI is InChI=1S/C14H18ClNO3S/c1-10(5-4-8-14(18)19)16-13(17)9-20-12-7-3-2-6-11(12)15/h2-3,6-7,10H,4-5,8-9H2,1H3,(H,16,17)(H,18,19). The third kappa shape index (κ3) is 6.82. The van der Waals surface area contributed by atoms with Gasteiger partial charge in [0.2, 0.25) is 5.91 Å². The quantitative estimate of drug-likeness (QED) is 0.723. The second-order valence-electron chi connectivity index (χ2n) is 4.47. The average molecular weight is 316 g/mol. The lowest BCUT2D eigenvalue weighted by atomic mass is 10.1. The first-order chi connectivity index (χ1) is 9.49. The van der Waals surface area contributed by atoms with Crippen LogP contribution in [0.1, 0.15) is 26.2 Å². The van der Waals surface area contributed by atoms with Gasteiger partial charge in [0.05, 0.1) is 10.8 Å². The van der Waals surface area contributed by atoms with Crippen molar-refractivity contribution in [1.82, 2.24) is 5.32 Å². The molecule has 1 aromatic carbocycles. The molecule has 0 fully saturated rings. The maximum Gasteiger partial charge on any atom is 0.303 e. The van der Waals surface area contributed by atoms with Crippen LogP contribution in [0.5, 0.6) is 0 Å². The third-order valence-electron chi connectivity index (χ3n) is 2.63. The molecule has 6 heteroatoms. The van der Waals surface area contributed by atoms with Crippen molar-refractivity contribution in [3.63, 3.8) is 0 Å². The van der Waals surface area contributed by atoms with E-state index in [9.17, 15) is 9.59 Å². The minimum Gasteiger partial charge on any atom is -0.481 e. The Balaban J connectivity index is 2.26. The lowest BCUT2D eigenvalue weighted by Crippen LogP contribution is -2.33. The fourth-order valence-corrected chi connectivity index (χ4v) is 2.70. The van der Waals surface area contributed by atoms with Crippen LogP contribution < -0.4 is 5.32 Å². The molecule has 2 N–H and O–H groups in total. The molecule has 1 rings (SSSR count). The van der Waals surface area contributed by atoms with Crippen LogP contribution in [0.25, 0.3) is 0 Å². The summed E-state index contributed by atoms with van der Waals surface area (Å²) in [6.45, 7) is 1.87. The number of hydrogen-bond acceptors (Lipinski definition) is 3. The molecule has 1 aromatic rings. The summed E-state index contributed by atoms with van der Waals surface area (Å²) in [4.78, 5) is 23.0. The predicted octanol–water partition coefficient (Wildman–Crippen LogP) is 3.19.